The number of carboxylic acids is 1. The van der Waals surface area contributed by atoms with Gasteiger partial charge < -0.3 is 10.4 Å². The zero-order chi connectivity index (χ0) is 14.6. The van der Waals surface area contributed by atoms with Crippen LogP contribution in [0.25, 0.3) is 0 Å². The number of aliphatic carboxylic acids is 1. The summed E-state index contributed by atoms with van der Waals surface area (Å²) >= 11 is 0. The summed E-state index contributed by atoms with van der Waals surface area (Å²) in [6.07, 6.45) is 1.49. The number of nitrogens with zero attached hydrogens (tertiary/aromatic N) is 2. The smallest absolute Gasteiger partial charge is 0.333 e. The van der Waals surface area contributed by atoms with Crippen LogP contribution in [0.15, 0.2) is 48.7 Å². The van der Waals surface area contributed by atoms with Crippen LogP contribution in [0.3, 0.4) is 0 Å². The van der Waals surface area contributed by atoms with Crippen LogP contribution in [0.2, 0.25) is 0 Å². The molecule has 1 atom stereocenters. The first-order chi connectivity index (χ1) is 9.58. The third-order valence-electron chi connectivity index (χ3n) is 3.08. The van der Waals surface area contributed by atoms with Crippen molar-refractivity contribution in [2.45, 2.75) is 12.5 Å². The Morgan fingerprint density at radius 2 is 2.00 bits per heavy atom. The lowest BCUT2D eigenvalue weighted by Gasteiger charge is -2.28. The van der Waals surface area contributed by atoms with Gasteiger partial charge in [0, 0.05) is 6.20 Å². The Bertz CT molecular complexity index is 664. The molecule has 5 nitrogen and oxygen atoms in total. The molecule has 0 spiro atoms. The summed E-state index contributed by atoms with van der Waals surface area (Å²) in [6.45, 7) is 1.55. The maximum atomic E-state index is 11.7. The van der Waals surface area contributed by atoms with E-state index in [9.17, 15) is 9.90 Å². The van der Waals surface area contributed by atoms with Crippen molar-refractivity contribution in [3.63, 3.8) is 0 Å². The van der Waals surface area contributed by atoms with Crippen molar-refractivity contribution in [1.29, 1.82) is 5.26 Å². The fourth-order valence-electron chi connectivity index (χ4n) is 1.89. The van der Waals surface area contributed by atoms with Crippen LogP contribution in [0.4, 0.5) is 5.69 Å². The number of hydrogen-bond donors (Lipinski definition) is 2. The third-order valence-corrected chi connectivity index (χ3v) is 3.08. The van der Waals surface area contributed by atoms with E-state index in [1.54, 1.807) is 43.3 Å². The number of pyridine rings is 1. The Morgan fingerprint density at radius 3 is 2.60 bits per heavy atom. The Labute approximate surface area is 116 Å². The molecule has 0 radical (unpaired) electrons. The van der Waals surface area contributed by atoms with E-state index < -0.39 is 11.5 Å². The summed E-state index contributed by atoms with van der Waals surface area (Å²) in [6, 6.07) is 14.0. The Morgan fingerprint density at radius 1 is 1.30 bits per heavy atom. The van der Waals surface area contributed by atoms with Gasteiger partial charge in [0.05, 0.1) is 5.69 Å². The highest BCUT2D eigenvalue weighted by molar-refractivity contribution is 5.84. The minimum absolute atomic E-state index is 0.163. The standard InChI is InChI=1S/C15H13N3O2/c1-15(14(19)20,11-6-3-2-4-7-11)18-12-8-5-9-17-13(12)10-16/h2-9,18H,1H3,(H,19,20). The second kappa shape index (κ2) is 5.41. The Hall–Kier alpha value is -2.87. The van der Waals surface area contributed by atoms with Crippen molar-refractivity contribution in [3.8, 4) is 6.07 Å². The van der Waals surface area contributed by atoms with Gasteiger partial charge in [-0.15, -0.1) is 0 Å². The number of anilines is 1. The second-order valence-electron chi connectivity index (χ2n) is 4.43. The van der Waals surface area contributed by atoms with Crippen molar-refractivity contribution in [3.05, 3.63) is 59.9 Å². The quantitative estimate of drug-likeness (QED) is 0.888. The maximum Gasteiger partial charge on any atom is 0.333 e. The average molecular weight is 267 g/mol. The van der Waals surface area contributed by atoms with Crippen LogP contribution in [0.1, 0.15) is 18.2 Å². The van der Waals surface area contributed by atoms with Crippen molar-refractivity contribution >= 4 is 11.7 Å². The monoisotopic (exact) mass is 267 g/mol. The van der Waals surface area contributed by atoms with Gasteiger partial charge in [-0.1, -0.05) is 30.3 Å². The largest absolute Gasteiger partial charge is 0.479 e. The van der Waals surface area contributed by atoms with Crippen molar-refractivity contribution < 1.29 is 9.90 Å². The molecule has 0 fully saturated rings. The van der Waals surface area contributed by atoms with Gasteiger partial charge >= 0.3 is 5.97 Å². The fourth-order valence-corrected chi connectivity index (χ4v) is 1.89. The van der Waals surface area contributed by atoms with Gasteiger partial charge in [0.25, 0.3) is 0 Å². The minimum atomic E-state index is -1.34. The number of nitrogens with one attached hydrogen (secondary N) is 1. The predicted octanol–water partition coefficient (Wildman–Crippen LogP) is 2.37. The lowest BCUT2D eigenvalue weighted by atomic mass is 9.91. The topological polar surface area (TPSA) is 86.0 Å². The van der Waals surface area contributed by atoms with E-state index >= 15 is 0 Å². The lowest BCUT2D eigenvalue weighted by Crippen LogP contribution is -2.40. The number of carboxylic acid groups (broad SMARTS) is 1. The first-order valence-electron chi connectivity index (χ1n) is 6.00. The van der Waals surface area contributed by atoms with Gasteiger partial charge in [-0.25, -0.2) is 9.78 Å². The van der Waals surface area contributed by atoms with Crippen LogP contribution in [0, 0.1) is 11.3 Å². The summed E-state index contributed by atoms with van der Waals surface area (Å²) in [7, 11) is 0. The zero-order valence-corrected chi connectivity index (χ0v) is 10.9. The summed E-state index contributed by atoms with van der Waals surface area (Å²) < 4.78 is 0. The molecule has 0 bridgehead atoms. The summed E-state index contributed by atoms with van der Waals surface area (Å²) in [5.41, 5.74) is -0.185. The number of benzene rings is 1. The van der Waals surface area contributed by atoms with E-state index in [2.05, 4.69) is 10.3 Å². The molecule has 0 aliphatic carbocycles. The lowest BCUT2D eigenvalue weighted by molar-refractivity contribution is -0.142. The average Bonchev–Trinajstić information content (AvgIpc) is 2.48. The normalized spacial score (nSPS) is 13.0. The molecule has 1 heterocycles. The van der Waals surface area contributed by atoms with Crippen molar-refractivity contribution in [2.75, 3.05) is 5.32 Å². The maximum absolute atomic E-state index is 11.7. The molecule has 2 aromatic rings. The molecule has 20 heavy (non-hydrogen) atoms. The number of rotatable bonds is 4. The first-order valence-corrected chi connectivity index (χ1v) is 6.00. The molecule has 1 aromatic heterocycles. The molecule has 100 valence electrons. The molecule has 0 saturated carbocycles. The molecule has 2 rings (SSSR count). The summed E-state index contributed by atoms with van der Waals surface area (Å²) in [5.74, 6) is -1.03. The van der Waals surface area contributed by atoms with Crippen molar-refractivity contribution in [2.24, 2.45) is 0 Å². The summed E-state index contributed by atoms with van der Waals surface area (Å²) in [5, 5.41) is 21.5. The predicted molar refractivity (Wildman–Crippen MR) is 74.0 cm³/mol. The van der Waals surface area contributed by atoms with Crippen LogP contribution in [0.5, 0.6) is 0 Å². The molecular weight excluding hydrogens is 254 g/mol. The molecule has 1 unspecified atom stereocenters. The SMILES string of the molecule is CC(Nc1cccnc1C#N)(C(=O)O)c1ccccc1. The molecule has 1 aromatic carbocycles. The number of hydrogen-bond acceptors (Lipinski definition) is 4. The van der Waals surface area contributed by atoms with Gasteiger partial charge in [0.2, 0.25) is 0 Å². The number of nitriles is 1. The number of carbonyl (C=O) groups is 1. The van der Waals surface area contributed by atoms with E-state index in [0.717, 1.165) is 0 Å². The second-order valence-corrected chi connectivity index (χ2v) is 4.43. The molecule has 0 aliphatic heterocycles. The molecule has 2 N–H and O–H groups in total. The van der Waals surface area contributed by atoms with Crippen molar-refractivity contribution in [1.82, 2.24) is 4.98 Å². The molecule has 0 saturated heterocycles. The highest BCUT2D eigenvalue weighted by Crippen LogP contribution is 2.27. The highest BCUT2D eigenvalue weighted by atomic mass is 16.4. The summed E-state index contributed by atoms with van der Waals surface area (Å²) in [4.78, 5) is 15.6. The first kappa shape index (κ1) is 13.6. The Kier molecular flexibility index (Phi) is 3.67. The minimum Gasteiger partial charge on any atom is -0.479 e. The molecule has 0 amide bonds. The molecular formula is C15H13N3O2. The van der Waals surface area contributed by atoms with Gasteiger partial charge in [-0.3, -0.25) is 0 Å². The van der Waals surface area contributed by atoms with Crippen LogP contribution in [-0.2, 0) is 10.3 Å². The third kappa shape index (κ3) is 2.45. The van der Waals surface area contributed by atoms with E-state index in [4.69, 9.17) is 5.26 Å². The zero-order valence-electron chi connectivity index (χ0n) is 10.9. The van der Waals surface area contributed by atoms with Gasteiger partial charge in [-0.05, 0) is 24.6 Å². The van der Waals surface area contributed by atoms with E-state index in [1.165, 1.54) is 6.20 Å². The van der Waals surface area contributed by atoms with Gasteiger partial charge in [0.1, 0.15) is 6.07 Å². The van der Waals surface area contributed by atoms with Crippen LogP contribution < -0.4 is 5.32 Å². The van der Waals surface area contributed by atoms with E-state index in [-0.39, 0.29) is 5.69 Å². The Balaban J connectivity index is 2.46. The van der Waals surface area contributed by atoms with E-state index in [0.29, 0.717) is 11.3 Å². The molecule has 0 aliphatic rings. The van der Waals surface area contributed by atoms with Crippen LogP contribution >= 0.6 is 0 Å². The van der Waals surface area contributed by atoms with Crippen LogP contribution in [-0.4, -0.2) is 16.1 Å². The van der Waals surface area contributed by atoms with Gasteiger partial charge in [0.15, 0.2) is 11.2 Å². The fraction of sp³-hybridized carbons (Fsp3) is 0.133. The van der Waals surface area contributed by atoms with E-state index in [1.807, 2.05) is 12.1 Å². The van der Waals surface area contributed by atoms with Gasteiger partial charge in [-0.2, -0.15) is 5.26 Å². The highest BCUT2D eigenvalue weighted by Gasteiger charge is 2.35. The number of aromatic nitrogens is 1. The molecule has 5 heteroatoms.